The summed E-state index contributed by atoms with van der Waals surface area (Å²) in [6, 6.07) is 13.3. The summed E-state index contributed by atoms with van der Waals surface area (Å²) in [6.07, 6.45) is 0. The number of hydrogen-bond acceptors (Lipinski definition) is 2. The minimum absolute atomic E-state index is 0.0939. The van der Waals surface area contributed by atoms with E-state index in [-0.39, 0.29) is 11.5 Å². The highest BCUT2D eigenvalue weighted by molar-refractivity contribution is 9.10. The molecule has 102 valence electrons. The van der Waals surface area contributed by atoms with Crippen molar-refractivity contribution in [1.29, 1.82) is 0 Å². The molecule has 0 aromatic heterocycles. The first kappa shape index (κ1) is 14.3. The normalized spacial score (nSPS) is 10.1. The van der Waals surface area contributed by atoms with E-state index in [2.05, 4.69) is 15.9 Å². The van der Waals surface area contributed by atoms with E-state index in [0.29, 0.717) is 5.56 Å². The molecule has 0 aliphatic carbocycles. The molecule has 0 bridgehead atoms. The monoisotopic (exact) mass is 333 g/mol. The molecular formula is C15H12BrNO3. The largest absolute Gasteiger partial charge is 0.478 e. The molecule has 1 N–H and O–H groups in total. The maximum atomic E-state index is 12.4. The zero-order valence-electron chi connectivity index (χ0n) is 10.7. The lowest BCUT2D eigenvalue weighted by Gasteiger charge is -2.19. The molecule has 0 radical (unpaired) electrons. The third-order valence-electron chi connectivity index (χ3n) is 2.87. The highest BCUT2D eigenvalue weighted by atomic mass is 79.9. The summed E-state index contributed by atoms with van der Waals surface area (Å²) in [5, 5.41) is 8.96. The van der Waals surface area contributed by atoms with Gasteiger partial charge in [-0.3, -0.25) is 4.79 Å². The number of para-hydroxylation sites is 1. The lowest BCUT2D eigenvalue weighted by atomic mass is 10.1. The average molecular weight is 334 g/mol. The van der Waals surface area contributed by atoms with Gasteiger partial charge in [0, 0.05) is 17.1 Å². The lowest BCUT2D eigenvalue weighted by molar-refractivity contribution is 0.0697. The van der Waals surface area contributed by atoms with Crippen molar-refractivity contribution < 1.29 is 14.7 Å². The number of carbonyl (C=O) groups excluding carboxylic acids is 1. The van der Waals surface area contributed by atoms with Crippen LogP contribution in [0.4, 0.5) is 5.69 Å². The van der Waals surface area contributed by atoms with Crippen molar-refractivity contribution in [3.8, 4) is 0 Å². The molecule has 2 rings (SSSR count). The van der Waals surface area contributed by atoms with Gasteiger partial charge in [-0.25, -0.2) is 4.79 Å². The van der Waals surface area contributed by atoms with Crippen LogP contribution in [0.1, 0.15) is 20.7 Å². The first-order valence-electron chi connectivity index (χ1n) is 5.86. The molecule has 20 heavy (non-hydrogen) atoms. The zero-order chi connectivity index (χ0) is 14.7. The zero-order valence-corrected chi connectivity index (χ0v) is 12.3. The predicted octanol–water partition coefficient (Wildman–Crippen LogP) is 3.42. The number of carbonyl (C=O) groups is 2. The Hall–Kier alpha value is -2.14. The summed E-state index contributed by atoms with van der Waals surface area (Å²) in [5.41, 5.74) is 1.15. The van der Waals surface area contributed by atoms with Crippen LogP contribution in [-0.4, -0.2) is 24.0 Å². The van der Waals surface area contributed by atoms with Crippen LogP contribution in [0.3, 0.4) is 0 Å². The number of benzene rings is 2. The molecule has 4 nitrogen and oxygen atoms in total. The third kappa shape index (κ3) is 2.88. The third-order valence-corrected chi connectivity index (χ3v) is 3.55. The van der Waals surface area contributed by atoms with Gasteiger partial charge >= 0.3 is 5.97 Å². The fourth-order valence-corrected chi connectivity index (χ4v) is 2.36. The smallest absolute Gasteiger partial charge is 0.335 e. The Labute approximate surface area is 124 Å². The van der Waals surface area contributed by atoms with Crippen LogP contribution in [0.2, 0.25) is 0 Å². The van der Waals surface area contributed by atoms with E-state index in [0.717, 1.165) is 10.2 Å². The predicted molar refractivity (Wildman–Crippen MR) is 80.3 cm³/mol. The second kappa shape index (κ2) is 5.88. The number of rotatable bonds is 3. The number of hydrogen-bond donors (Lipinski definition) is 1. The molecule has 0 atom stereocenters. The number of carboxylic acid groups (broad SMARTS) is 1. The summed E-state index contributed by atoms with van der Waals surface area (Å²) < 4.78 is 0.797. The van der Waals surface area contributed by atoms with E-state index in [9.17, 15) is 9.59 Å². The molecule has 2 aromatic rings. The molecule has 0 saturated heterocycles. The Morgan fingerprint density at radius 3 is 2.35 bits per heavy atom. The Kier molecular flexibility index (Phi) is 4.20. The summed E-state index contributed by atoms with van der Waals surface area (Å²) in [7, 11) is 1.65. The average Bonchev–Trinajstić information content (AvgIpc) is 2.46. The van der Waals surface area contributed by atoms with Gasteiger partial charge in [0.25, 0.3) is 5.91 Å². The minimum atomic E-state index is -1.05. The topological polar surface area (TPSA) is 57.6 Å². The molecule has 5 heteroatoms. The van der Waals surface area contributed by atoms with E-state index in [1.165, 1.54) is 17.0 Å². The summed E-state index contributed by atoms with van der Waals surface area (Å²) in [5.74, 6) is -1.32. The number of nitrogens with zero attached hydrogens (tertiary/aromatic N) is 1. The highest BCUT2D eigenvalue weighted by Gasteiger charge is 2.16. The first-order chi connectivity index (χ1) is 9.50. The maximum absolute atomic E-state index is 12.4. The van der Waals surface area contributed by atoms with Gasteiger partial charge < -0.3 is 10.0 Å². The Morgan fingerprint density at radius 1 is 1.05 bits per heavy atom. The standard InChI is InChI=1S/C15H12BrNO3/c1-17(13-8-3-2-7-12(13)16)14(18)10-5-4-6-11(9-10)15(19)20/h2-9H,1H3,(H,19,20). The van der Waals surface area contributed by atoms with Crippen molar-refractivity contribution in [2.45, 2.75) is 0 Å². The summed E-state index contributed by atoms with van der Waals surface area (Å²) in [6.45, 7) is 0. The number of amides is 1. The van der Waals surface area contributed by atoms with Crippen LogP contribution in [0.5, 0.6) is 0 Å². The van der Waals surface area contributed by atoms with E-state index < -0.39 is 5.97 Å². The molecule has 0 aliphatic heterocycles. The molecule has 0 saturated carbocycles. The van der Waals surface area contributed by atoms with Crippen molar-refractivity contribution in [3.63, 3.8) is 0 Å². The van der Waals surface area contributed by atoms with Crippen LogP contribution < -0.4 is 4.90 Å². The van der Waals surface area contributed by atoms with E-state index in [1.54, 1.807) is 19.2 Å². The van der Waals surface area contributed by atoms with Gasteiger partial charge in [-0.15, -0.1) is 0 Å². The van der Waals surface area contributed by atoms with Crippen molar-refractivity contribution in [2.24, 2.45) is 0 Å². The number of carboxylic acids is 1. The molecule has 0 fully saturated rings. The summed E-state index contributed by atoms with van der Waals surface area (Å²) in [4.78, 5) is 24.8. The van der Waals surface area contributed by atoms with Crippen molar-refractivity contribution in [3.05, 3.63) is 64.1 Å². The second-order valence-electron chi connectivity index (χ2n) is 4.20. The van der Waals surface area contributed by atoms with E-state index in [4.69, 9.17) is 5.11 Å². The van der Waals surface area contributed by atoms with Crippen molar-refractivity contribution in [2.75, 3.05) is 11.9 Å². The van der Waals surface area contributed by atoms with Gasteiger partial charge in [-0.1, -0.05) is 18.2 Å². The summed E-state index contributed by atoms with van der Waals surface area (Å²) >= 11 is 3.39. The quantitative estimate of drug-likeness (QED) is 0.936. The van der Waals surface area contributed by atoms with Crippen LogP contribution in [0, 0.1) is 0 Å². The number of halogens is 1. The molecule has 0 heterocycles. The second-order valence-corrected chi connectivity index (χ2v) is 5.06. The maximum Gasteiger partial charge on any atom is 0.335 e. The molecular weight excluding hydrogens is 322 g/mol. The number of anilines is 1. The molecule has 1 amide bonds. The highest BCUT2D eigenvalue weighted by Crippen LogP contribution is 2.26. The van der Waals surface area contributed by atoms with Crippen LogP contribution in [-0.2, 0) is 0 Å². The number of aromatic carboxylic acids is 1. The van der Waals surface area contributed by atoms with E-state index in [1.807, 2.05) is 24.3 Å². The minimum Gasteiger partial charge on any atom is -0.478 e. The first-order valence-corrected chi connectivity index (χ1v) is 6.66. The molecule has 2 aromatic carbocycles. The van der Waals surface area contributed by atoms with Gasteiger partial charge in [0.1, 0.15) is 0 Å². The van der Waals surface area contributed by atoms with E-state index >= 15 is 0 Å². The van der Waals surface area contributed by atoms with Crippen LogP contribution >= 0.6 is 15.9 Å². The SMILES string of the molecule is CN(C(=O)c1cccc(C(=O)O)c1)c1ccccc1Br. The Morgan fingerprint density at radius 2 is 1.70 bits per heavy atom. The van der Waals surface area contributed by atoms with Gasteiger partial charge in [0.2, 0.25) is 0 Å². The molecule has 0 aliphatic rings. The fraction of sp³-hybridized carbons (Fsp3) is 0.0667. The van der Waals surface area contributed by atoms with Crippen LogP contribution in [0.25, 0.3) is 0 Å². The lowest BCUT2D eigenvalue weighted by Crippen LogP contribution is -2.26. The molecule has 0 unspecified atom stereocenters. The fourth-order valence-electron chi connectivity index (χ4n) is 1.81. The van der Waals surface area contributed by atoms with Crippen molar-refractivity contribution in [1.82, 2.24) is 0 Å². The molecule has 0 spiro atoms. The van der Waals surface area contributed by atoms with Gasteiger partial charge in [0.15, 0.2) is 0 Å². The van der Waals surface area contributed by atoms with Gasteiger partial charge in [-0.2, -0.15) is 0 Å². The van der Waals surface area contributed by atoms with Gasteiger partial charge in [-0.05, 0) is 46.3 Å². The van der Waals surface area contributed by atoms with Crippen LogP contribution in [0.15, 0.2) is 53.0 Å². The van der Waals surface area contributed by atoms with Gasteiger partial charge in [0.05, 0.1) is 11.3 Å². The van der Waals surface area contributed by atoms with Crippen molar-refractivity contribution >= 4 is 33.5 Å². The Bertz CT molecular complexity index is 670. The Balaban J connectivity index is 2.34.